The zero-order valence-electron chi connectivity index (χ0n) is 8.20. The molecule has 3 rings (SSSR count). The van der Waals surface area contributed by atoms with Crippen molar-refractivity contribution in [3.05, 3.63) is 41.7 Å². The smallest absolute Gasteiger partial charge is 0.163 e. The van der Waals surface area contributed by atoms with Crippen LogP contribution in [0, 0.1) is 0 Å². The van der Waals surface area contributed by atoms with Crippen molar-refractivity contribution in [3.63, 3.8) is 0 Å². The van der Waals surface area contributed by atoms with E-state index in [1.807, 2.05) is 18.3 Å². The molecule has 0 aliphatic rings. The third kappa shape index (κ3) is 1.33. The highest BCUT2D eigenvalue weighted by molar-refractivity contribution is 7.17. The number of hydrogen-bond acceptors (Lipinski definition) is 4. The second-order valence-electron chi connectivity index (χ2n) is 3.27. The van der Waals surface area contributed by atoms with Gasteiger partial charge in [0.15, 0.2) is 11.9 Å². The van der Waals surface area contributed by atoms with E-state index in [1.54, 1.807) is 23.0 Å². The second-order valence-corrected chi connectivity index (χ2v) is 4.38. The lowest BCUT2D eigenvalue weighted by Gasteiger charge is -1.93. The first-order chi connectivity index (χ1) is 7.88. The van der Waals surface area contributed by atoms with Crippen molar-refractivity contribution >= 4 is 23.3 Å². The number of thiophene rings is 1. The number of carbonyl (C=O) groups is 1. The lowest BCUT2D eigenvalue weighted by atomic mass is 10.3. The van der Waals surface area contributed by atoms with E-state index in [0.29, 0.717) is 4.88 Å². The molecule has 16 heavy (non-hydrogen) atoms. The Kier molecular flexibility index (Phi) is 2.04. The molecule has 0 aliphatic heterocycles. The molecule has 0 saturated heterocycles. The van der Waals surface area contributed by atoms with Crippen LogP contribution in [-0.4, -0.2) is 20.9 Å². The van der Waals surface area contributed by atoms with Crippen LogP contribution in [0.4, 0.5) is 0 Å². The molecule has 5 heteroatoms. The van der Waals surface area contributed by atoms with Gasteiger partial charge in [-0.05, 0) is 18.2 Å². The minimum absolute atomic E-state index is 0.713. The lowest BCUT2D eigenvalue weighted by Crippen LogP contribution is -1.86. The topological polar surface area (TPSA) is 47.3 Å². The highest BCUT2D eigenvalue weighted by atomic mass is 32.1. The molecule has 0 aromatic carbocycles. The second kappa shape index (κ2) is 3.53. The predicted octanol–water partition coefficient (Wildman–Crippen LogP) is 2.27. The predicted molar refractivity (Wildman–Crippen MR) is 61.7 cm³/mol. The van der Waals surface area contributed by atoms with Gasteiger partial charge >= 0.3 is 0 Å². The number of rotatable bonds is 2. The Hall–Kier alpha value is -2.01. The molecule has 0 amide bonds. The molecule has 0 spiro atoms. The van der Waals surface area contributed by atoms with Crippen molar-refractivity contribution in [2.24, 2.45) is 0 Å². The Morgan fingerprint density at radius 2 is 2.31 bits per heavy atom. The van der Waals surface area contributed by atoms with Crippen LogP contribution in [0.25, 0.3) is 16.1 Å². The molecule has 0 atom stereocenters. The van der Waals surface area contributed by atoms with Gasteiger partial charge in [0, 0.05) is 17.3 Å². The van der Waals surface area contributed by atoms with E-state index in [-0.39, 0.29) is 0 Å². The molecule has 0 bridgehead atoms. The van der Waals surface area contributed by atoms with Crippen molar-refractivity contribution in [2.45, 2.75) is 0 Å². The molecule has 0 fully saturated rings. The molecule has 3 aromatic heterocycles. The average molecular weight is 229 g/mol. The summed E-state index contributed by atoms with van der Waals surface area (Å²) in [6, 6.07) is 5.55. The molecule has 4 nitrogen and oxygen atoms in total. The molecule has 3 heterocycles. The summed E-state index contributed by atoms with van der Waals surface area (Å²) in [4.78, 5) is 16.6. The fourth-order valence-electron chi connectivity index (χ4n) is 1.56. The number of hydrogen-bond donors (Lipinski definition) is 0. The molecule has 78 valence electrons. The summed E-state index contributed by atoms with van der Waals surface area (Å²) in [7, 11) is 0. The van der Waals surface area contributed by atoms with Crippen LogP contribution >= 0.6 is 11.3 Å². The minimum atomic E-state index is 0.713. The van der Waals surface area contributed by atoms with Crippen LogP contribution in [0.15, 0.2) is 36.8 Å². The number of aldehydes is 1. The highest BCUT2D eigenvalue weighted by Gasteiger charge is 2.09. The molecule has 0 unspecified atom stereocenters. The van der Waals surface area contributed by atoms with Gasteiger partial charge < -0.3 is 0 Å². The Morgan fingerprint density at radius 3 is 3.12 bits per heavy atom. The van der Waals surface area contributed by atoms with Gasteiger partial charge in [0.2, 0.25) is 0 Å². The van der Waals surface area contributed by atoms with Crippen LogP contribution in [0.2, 0.25) is 0 Å². The average Bonchev–Trinajstić information content (AvgIpc) is 2.94. The molecule has 0 saturated carbocycles. The third-order valence-corrected chi connectivity index (χ3v) is 3.33. The van der Waals surface area contributed by atoms with E-state index >= 15 is 0 Å². The van der Waals surface area contributed by atoms with Crippen molar-refractivity contribution < 1.29 is 4.79 Å². The molecular formula is C11H7N3OS. The maximum absolute atomic E-state index is 10.6. The monoisotopic (exact) mass is 229 g/mol. The van der Waals surface area contributed by atoms with Crippen LogP contribution in [0.3, 0.4) is 0 Å². The number of carbonyl (C=O) groups excluding carboxylic acids is 1. The summed E-state index contributed by atoms with van der Waals surface area (Å²) in [5, 5.41) is 4.20. The third-order valence-electron chi connectivity index (χ3n) is 2.29. The molecule has 0 radical (unpaired) electrons. The van der Waals surface area contributed by atoms with Gasteiger partial charge in [0.05, 0.1) is 16.6 Å². The summed E-state index contributed by atoms with van der Waals surface area (Å²) in [5.74, 6) is 0. The van der Waals surface area contributed by atoms with Crippen molar-refractivity contribution in [3.8, 4) is 10.4 Å². The van der Waals surface area contributed by atoms with Gasteiger partial charge in [-0.15, -0.1) is 11.3 Å². The van der Waals surface area contributed by atoms with E-state index < -0.39 is 0 Å². The van der Waals surface area contributed by atoms with Crippen LogP contribution in [-0.2, 0) is 0 Å². The maximum atomic E-state index is 10.6. The van der Waals surface area contributed by atoms with Crippen molar-refractivity contribution in [1.29, 1.82) is 0 Å². The number of aromatic nitrogens is 3. The van der Waals surface area contributed by atoms with E-state index in [1.165, 1.54) is 11.3 Å². The van der Waals surface area contributed by atoms with Gasteiger partial charge in [-0.25, -0.2) is 9.50 Å². The number of fused-ring (bicyclic) bond motifs is 1. The fourth-order valence-corrected chi connectivity index (χ4v) is 2.39. The first kappa shape index (κ1) is 9.23. The zero-order valence-corrected chi connectivity index (χ0v) is 9.02. The van der Waals surface area contributed by atoms with Crippen LogP contribution in [0.5, 0.6) is 0 Å². The highest BCUT2D eigenvalue weighted by Crippen LogP contribution is 2.29. The van der Waals surface area contributed by atoms with E-state index in [9.17, 15) is 4.79 Å². The van der Waals surface area contributed by atoms with Crippen LogP contribution in [0.1, 0.15) is 9.67 Å². The van der Waals surface area contributed by atoms with Gasteiger partial charge in [0.1, 0.15) is 0 Å². The Bertz CT molecular complexity index is 656. The summed E-state index contributed by atoms with van der Waals surface area (Å²) in [5.41, 5.74) is 1.76. The van der Waals surface area contributed by atoms with Crippen LogP contribution < -0.4 is 0 Å². The Balaban J connectivity index is 2.21. The first-order valence-electron chi connectivity index (χ1n) is 4.72. The summed E-state index contributed by atoms with van der Waals surface area (Å²) < 4.78 is 1.72. The summed E-state index contributed by atoms with van der Waals surface area (Å²) in [6.07, 6.45) is 6.20. The number of nitrogens with zero attached hydrogens (tertiary/aromatic N) is 3. The fraction of sp³-hybridized carbons (Fsp3) is 0. The van der Waals surface area contributed by atoms with Gasteiger partial charge in [-0.3, -0.25) is 4.79 Å². The molecule has 0 N–H and O–H groups in total. The van der Waals surface area contributed by atoms with Gasteiger partial charge in [0.25, 0.3) is 0 Å². The van der Waals surface area contributed by atoms with E-state index in [0.717, 1.165) is 22.4 Å². The Morgan fingerprint density at radius 1 is 1.38 bits per heavy atom. The zero-order chi connectivity index (χ0) is 11.0. The lowest BCUT2D eigenvalue weighted by molar-refractivity contribution is 0.112. The van der Waals surface area contributed by atoms with Crippen molar-refractivity contribution in [1.82, 2.24) is 14.6 Å². The minimum Gasteiger partial charge on any atom is -0.297 e. The molecular weight excluding hydrogens is 222 g/mol. The largest absolute Gasteiger partial charge is 0.297 e. The SMILES string of the molecule is O=Cc1ccc(-c2cnn3cccnc23)s1. The molecule has 0 aliphatic carbocycles. The normalized spacial score (nSPS) is 10.8. The van der Waals surface area contributed by atoms with Gasteiger partial charge in [-0.2, -0.15) is 5.10 Å². The first-order valence-corrected chi connectivity index (χ1v) is 5.54. The summed E-state index contributed by atoms with van der Waals surface area (Å²) in [6.45, 7) is 0. The maximum Gasteiger partial charge on any atom is 0.163 e. The van der Waals surface area contributed by atoms with E-state index in [4.69, 9.17) is 0 Å². The quantitative estimate of drug-likeness (QED) is 0.633. The van der Waals surface area contributed by atoms with Crippen molar-refractivity contribution in [2.75, 3.05) is 0 Å². The summed E-state index contributed by atoms with van der Waals surface area (Å²) >= 11 is 1.44. The standard InChI is InChI=1S/C11H7N3OS/c15-7-8-2-3-10(16-8)9-6-13-14-5-1-4-12-11(9)14/h1-7H. The molecule has 3 aromatic rings. The van der Waals surface area contributed by atoms with Gasteiger partial charge in [-0.1, -0.05) is 0 Å². The van der Waals surface area contributed by atoms with E-state index in [2.05, 4.69) is 10.1 Å². The Labute approximate surface area is 95.2 Å².